The zero-order chi connectivity index (χ0) is 14.9. The molecule has 106 valence electrons. The fourth-order valence-electron chi connectivity index (χ4n) is 1.67. The van der Waals surface area contributed by atoms with Crippen LogP contribution in [0.25, 0.3) is 11.1 Å². The minimum Gasteiger partial charge on any atom is -0.405 e. The lowest BCUT2D eigenvalue weighted by Crippen LogP contribution is -2.17. The summed E-state index contributed by atoms with van der Waals surface area (Å²) in [5, 5.41) is 0. The van der Waals surface area contributed by atoms with Gasteiger partial charge in [-0.15, -0.1) is 13.2 Å². The number of ether oxygens (including phenoxy) is 1. The van der Waals surface area contributed by atoms with Gasteiger partial charge in [0.15, 0.2) is 0 Å². The summed E-state index contributed by atoms with van der Waals surface area (Å²) in [7, 11) is 0. The summed E-state index contributed by atoms with van der Waals surface area (Å²) in [6.07, 6.45) is -4.92. The van der Waals surface area contributed by atoms with E-state index < -0.39 is 23.7 Å². The van der Waals surface area contributed by atoms with E-state index in [1.54, 1.807) is 0 Å². The van der Waals surface area contributed by atoms with Crippen molar-refractivity contribution in [3.63, 3.8) is 0 Å². The molecule has 2 N–H and O–H groups in total. The molecule has 7 heteroatoms. The van der Waals surface area contributed by atoms with Gasteiger partial charge in [-0.2, -0.15) is 0 Å². The Bertz CT molecular complexity index is 639. The van der Waals surface area contributed by atoms with Crippen molar-refractivity contribution in [1.82, 2.24) is 0 Å². The number of nitrogen functional groups attached to an aromatic ring is 1. The molecular weight excluding hydrogens is 281 g/mol. The number of nitrogens with two attached hydrogens (primary N) is 1. The highest BCUT2D eigenvalue weighted by atomic mass is 19.4. The summed E-state index contributed by atoms with van der Waals surface area (Å²) >= 11 is 0. The van der Waals surface area contributed by atoms with E-state index in [1.807, 2.05) is 0 Å². The molecule has 0 aliphatic rings. The van der Waals surface area contributed by atoms with Gasteiger partial charge in [-0.1, -0.05) is 18.2 Å². The average molecular weight is 289 g/mol. The molecule has 0 saturated carbocycles. The van der Waals surface area contributed by atoms with Crippen molar-refractivity contribution in [3.05, 3.63) is 48.0 Å². The van der Waals surface area contributed by atoms with Crippen molar-refractivity contribution in [2.45, 2.75) is 6.36 Å². The molecule has 0 aliphatic carbocycles. The van der Waals surface area contributed by atoms with E-state index in [-0.39, 0.29) is 16.8 Å². The van der Waals surface area contributed by atoms with Crippen LogP contribution in [0.3, 0.4) is 0 Å². The highest BCUT2D eigenvalue weighted by molar-refractivity contribution is 5.73. The second-order valence-corrected chi connectivity index (χ2v) is 3.90. The van der Waals surface area contributed by atoms with E-state index in [0.29, 0.717) is 6.07 Å². The Labute approximate surface area is 110 Å². The minimum absolute atomic E-state index is 0.172. The minimum atomic E-state index is -4.92. The molecule has 0 aromatic heterocycles. The molecule has 0 amide bonds. The molecule has 20 heavy (non-hydrogen) atoms. The number of hydrogen-bond acceptors (Lipinski definition) is 2. The Morgan fingerprint density at radius 3 is 2.20 bits per heavy atom. The zero-order valence-corrected chi connectivity index (χ0v) is 9.84. The number of rotatable bonds is 2. The molecule has 0 atom stereocenters. The lowest BCUT2D eigenvalue weighted by atomic mass is 10.0. The van der Waals surface area contributed by atoms with Gasteiger partial charge in [0.2, 0.25) is 0 Å². The first-order valence-electron chi connectivity index (χ1n) is 5.37. The second kappa shape index (κ2) is 4.99. The summed E-state index contributed by atoms with van der Waals surface area (Å²) in [5.41, 5.74) is 4.48. The van der Waals surface area contributed by atoms with Gasteiger partial charge in [0.25, 0.3) is 0 Å². The molecule has 2 rings (SSSR count). The van der Waals surface area contributed by atoms with Crippen LogP contribution < -0.4 is 10.5 Å². The third kappa shape index (κ3) is 2.98. The van der Waals surface area contributed by atoms with Gasteiger partial charge < -0.3 is 10.5 Å². The largest absolute Gasteiger partial charge is 0.573 e. The van der Waals surface area contributed by atoms with Crippen LogP contribution in [-0.2, 0) is 0 Å². The first kappa shape index (κ1) is 14.1. The van der Waals surface area contributed by atoms with Gasteiger partial charge in [0.1, 0.15) is 17.4 Å². The Balaban J connectivity index is 2.56. The first-order valence-corrected chi connectivity index (χ1v) is 5.37. The summed E-state index contributed by atoms with van der Waals surface area (Å²) in [4.78, 5) is 0. The van der Waals surface area contributed by atoms with Gasteiger partial charge in [-0.25, -0.2) is 8.78 Å². The number of alkyl halides is 3. The van der Waals surface area contributed by atoms with Crippen LogP contribution in [-0.4, -0.2) is 6.36 Å². The molecule has 0 aliphatic heterocycles. The Morgan fingerprint density at radius 1 is 0.900 bits per heavy atom. The lowest BCUT2D eigenvalue weighted by Gasteiger charge is -2.14. The predicted molar refractivity (Wildman–Crippen MR) is 62.9 cm³/mol. The van der Waals surface area contributed by atoms with Gasteiger partial charge >= 0.3 is 6.36 Å². The zero-order valence-electron chi connectivity index (χ0n) is 9.84. The SMILES string of the molecule is Nc1cc(-c2ccccc2OC(F)(F)F)c(F)cc1F. The van der Waals surface area contributed by atoms with Gasteiger partial charge in [-0.3, -0.25) is 0 Å². The molecule has 0 spiro atoms. The monoisotopic (exact) mass is 289 g/mol. The van der Waals surface area contributed by atoms with E-state index >= 15 is 0 Å². The summed E-state index contributed by atoms with van der Waals surface area (Å²) in [5.74, 6) is -2.61. The second-order valence-electron chi connectivity index (χ2n) is 3.90. The van der Waals surface area contributed by atoms with Gasteiger partial charge in [0, 0.05) is 17.2 Å². The van der Waals surface area contributed by atoms with E-state index in [9.17, 15) is 22.0 Å². The van der Waals surface area contributed by atoms with Crippen LogP contribution in [0.1, 0.15) is 0 Å². The standard InChI is InChI=1S/C13H8F5NO/c14-9-6-10(15)11(19)5-8(9)7-3-1-2-4-12(7)20-13(16,17)18/h1-6H,19H2. The Hall–Kier alpha value is -2.31. The van der Waals surface area contributed by atoms with Crippen LogP contribution in [0.5, 0.6) is 5.75 Å². The molecule has 2 aromatic rings. The van der Waals surface area contributed by atoms with Gasteiger partial charge in [-0.05, 0) is 12.1 Å². The van der Waals surface area contributed by atoms with E-state index in [4.69, 9.17) is 5.73 Å². The molecule has 2 nitrogen and oxygen atoms in total. The molecule has 0 unspecified atom stereocenters. The first-order chi connectivity index (χ1) is 9.28. The molecule has 0 saturated heterocycles. The van der Waals surface area contributed by atoms with Crippen molar-refractivity contribution in [2.75, 3.05) is 5.73 Å². The van der Waals surface area contributed by atoms with E-state index in [2.05, 4.69) is 4.74 Å². The number of hydrogen-bond donors (Lipinski definition) is 1. The topological polar surface area (TPSA) is 35.2 Å². The Morgan fingerprint density at radius 2 is 1.55 bits per heavy atom. The third-order valence-corrected chi connectivity index (χ3v) is 2.49. The number of halogens is 5. The van der Waals surface area contributed by atoms with Crippen molar-refractivity contribution in [1.29, 1.82) is 0 Å². The van der Waals surface area contributed by atoms with Crippen LogP contribution in [0, 0.1) is 11.6 Å². The van der Waals surface area contributed by atoms with Crippen LogP contribution in [0.4, 0.5) is 27.6 Å². The fraction of sp³-hybridized carbons (Fsp3) is 0.0769. The van der Waals surface area contributed by atoms with Crippen LogP contribution in [0.2, 0.25) is 0 Å². The highest BCUT2D eigenvalue weighted by Gasteiger charge is 2.32. The molecule has 0 radical (unpaired) electrons. The predicted octanol–water partition coefficient (Wildman–Crippen LogP) is 4.11. The lowest BCUT2D eigenvalue weighted by molar-refractivity contribution is -0.274. The molecule has 0 bridgehead atoms. The molecule has 2 aromatic carbocycles. The number of para-hydroxylation sites is 1. The summed E-state index contributed by atoms with van der Waals surface area (Å²) < 4.78 is 67.4. The Kier molecular flexibility index (Phi) is 3.52. The molecule has 0 heterocycles. The maximum atomic E-state index is 13.7. The average Bonchev–Trinajstić information content (AvgIpc) is 2.33. The normalized spacial score (nSPS) is 11.4. The van der Waals surface area contributed by atoms with Crippen LogP contribution in [0.15, 0.2) is 36.4 Å². The highest BCUT2D eigenvalue weighted by Crippen LogP contribution is 2.36. The maximum absolute atomic E-state index is 13.7. The van der Waals surface area contributed by atoms with E-state index in [0.717, 1.165) is 12.1 Å². The summed E-state index contributed by atoms with van der Waals surface area (Å²) in [6, 6.07) is 6.38. The van der Waals surface area contributed by atoms with Gasteiger partial charge in [0.05, 0.1) is 5.69 Å². The quantitative estimate of drug-likeness (QED) is 0.667. The fourth-order valence-corrected chi connectivity index (χ4v) is 1.67. The van der Waals surface area contributed by atoms with Crippen molar-refractivity contribution in [3.8, 4) is 16.9 Å². The number of benzene rings is 2. The van der Waals surface area contributed by atoms with Crippen LogP contribution >= 0.6 is 0 Å². The number of anilines is 1. The molecular formula is C13H8F5NO. The van der Waals surface area contributed by atoms with Crippen molar-refractivity contribution in [2.24, 2.45) is 0 Å². The van der Waals surface area contributed by atoms with Crippen molar-refractivity contribution < 1.29 is 26.7 Å². The molecule has 0 fully saturated rings. The maximum Gasteiger partial charge on any atom is 0.573 e. The van der Waals surface area contributed by atoms with E-state index in [1.165, 1.54) is 18.2 Å². The summed E-state index contributed by atoms with van der Waals surface area (Å²) in [6.45, 7) is 0. The smallest absolute Gasteiger partial charge is 0.405 e. The van der Waals surface area contributed by atoms with Crippen molar-refractivity contribution >= 4 is 5.69 Å². The third-order valence-electron chi connectivity index (χ3n) is 2.49.